The first-order chi connectivity index (χ1) is 21.3. The van der Waals surface area contributed by atoms with Gasteiger partial charge in [-0.3, -0.25) is 13.8 Å². The molecule has 43 heavy (non-hydrogen) atoms. The van der Waals surface area contributed by atoms with E-state index in [9.17, 15) is 4.79 Å². The van der Waals surface area contributed by atoms with Crippen LogP contribution in [-0.2, 0) is 0 Å². The molecule has 9 rings (SSSR count). The van der Waals surface area contributed by atoms with Gasteiger partial charge < -0.3 is 4.57 Å². The lowest BCUT2D eigenvalue weighted by Crippen LogP contribution is -2.12. The van der Waals surface area contributed by atoms with Crippen molar-refractivity contribution in [2.75, 3.05) is 0 Å². The van der Waals surface area contributed by atoms with E-state index >= 15 is 0 Å². The van der Waals surface area contributed by atoms with Crippen molar-refractivity contribution in [2.24, 2.45) is 0 Å². The minimum absolute atomic E-state index is 0.265. The van der Waals surface area contributed by atoms with Gasteiger partial charge in [-0.1, -0.05) is 66.7 Å². The normalized spacial score (nSPS) is 11.8. The van der Waals surface area contributed by atoms with Gasteiger partial charge in [0.15, 0.2) is 5.65 Å². The Balaban J connectivity index is 1.28. The Hall–Kier alpha value is -6.01. The lowest BCUT2D eigenvalue weighted by Gasteiger charge is -2.09. The van der Waals surface area contributed by atoms with Gasteiger partial charge >= 0.3 is 0 Å². The average Bonchev–Trinajstić information content (AvgIpc) is 3.58. The summed E-state index contributed by atoms with van der Waals surface area (Å²) >= 11 is 0. The molecule has 9 aromatic rings. The summed E-state index contributed by atoms with van der Waals surface area (Å²) in [5.74, 6) is 0.542. The second-order valence-electron chi connectivity index (χ2n) is 10.7. The van der Waals surface area contributed by atoms with Crippen molar-refractivity contribution in [3.05, 3.63) is 150 Å². The number of para-hydroxylation sites is 3. The maximum Gasteiger partial charge on any atom is 0.282 e. The standard InChI is InChI=1S/C37H23N5O/c43-36-30-23-25(24-17-19-32-29(22-24)28-14-7-8-15-31(28)40(32)26-10-3-1-4-11-26)18-20-33(30)42-35-34(16-9-21-38-35)41(37(42)39-36)27-12-5-2-6-13-27/h1-23H. The number of fused-ring (bicyclic) bond motifs is 8. The molecule has 0 saturated carbocycles. The molecule has 4 aromatic heterocycles. The molecule has 0 saturated heterocycles. The Morgan fingerprint density at radius 1 is 0.488 bits per heavy atom. The lowest BCUT2D eigenvalue weighted by atomic mass is 10.0. The van der Waals surface area contributed by atoms with E-state index in [1.807, 2.05) is 69.6 Å². The first-order valence-electron chi connectivity index (χ1n) is 14.2. The summed E-state index contributed by atoms with van der Waals surface area (Å²) in [6, 6.07) is 45.4. The monoisotopic (exact) mass is 553 g/mol. The SMILES string of the molecule is O=c1nc2n(-c3ccccc3)c3cccnc3n2c2ccc(-c3ccc4c(c3)c3ccccc3n4-c3ccccc3)cc12. The minimum atomic E-state index is -0.265. The Morgan fingerprint density at radius 2 is 1.09 bits per heavy atom. The quantitative estimate of drug-likeness (QED) is 0.223. The van der Waals surface area contributed by atoms with Gasteiger partial charge in [-0.05, 0) is 77.9 Å². The van der Waals surface area contributed by atoms with Crippen molar-refractivity contribution < 1.29 is 0 Å². The third-order valence-electron chi connectivity index (χ3n) is 8.32. The summed E-state index contributed by atoms with van der Waals surface area (Å²) in [5.41, 5.74) is 8.50. The van der Waals surface area contributed by atoms with Crippen LogP contribution >= 0.6 is 0 Å². The second-order valence-corrected chi connectivity index (χ2v) is 10.7. The molecule has 0 radical (unpaired) electrons. The van der Waals surface area contributed by atoms with Crippen molar-refractivity contribution in [3.63, 3.8) is 0 Å². The van der Waals surface area contributed by atoms with Crippen molar-refractivity contribution in [1.29, 1.82) is 0 Å². The van der Waals surface area contributed by atoms with Crippen LogP contribution in [0, 0.1) is 0 Å². The highest BCUT2D eigenvalue weighted by Crippen LogP contribution is 2.35. The molecule has 0 unspecified atom stereocenters. The predicted octanol–water partition coefficient (Wildman–Crippen LogP) is 7.95. The van der Waals surface area contributed by atoms with Crippen molar-refractivity contribution in [3.8, 4) is 22.5 Å². The zero-order valence-electron chi connectivity index (χ0n) is 22.9. The molecule has 6 heteroatoms. The fourth-order valence-corrected chi connectivity index (χ4v) is 6.43. The number of pyridine rings is 1. The molecular formula is C37H23N5O. The topological polar surface area (TPSA) is 57.1 Å². The fourth-order valence-electron chi connectivity index (χ4n) is 6.43. The van der Waals surface area contributed by atoms with Crippen LogP contribution in [-0.4, -0.2) is 23.5 Å². The van der Waals surface area contributed by atoms with Gasteiger partial charge in [0.25, 0.3) is 5.56 Å². The minimum Gasteiger partial charge on any atom is -0.309 e. The smallest absolute Gasteiger partial charge is 0.282 e. The predicted molar refractivity (Wildman–Crippen MR) is 173 cm³/mol. The Morgan fingerprint density at radius 3 is 1.86 bits per heavy atom. The summed E-state index contributed by atoms with van der Waals surface area (Å²) in [4.78, 5) is 22.9. The van der Waals surface area contributed by atoms with E-state index in [2.05, 4.69) is 82.3 Å². The molecule has 0 aliphatic heterocycles. The zero-order chi connectivity index (χ0) is 28.5. The maximum atomic E-state index is 13.6. The van der Waals surface area contributed by atoms with Crippen LogP contribution in [0.5, 0.6) is 0 Å². The summed E-state index contributed by atoms with van der Waals surface area (Å²) in [6.45, 7) is 0. The van der Waals surface area contributed by atoms with Crippen LogP contribution < -0.4 is 5.56 Å². The molecule has 0 amide bonds. The maximum absolute atomic E-state index is 13.6. The number of benzene rings is 5. The van der Waals surface area contributed by atoms with Crippen molar-refractivity contribution in [2.45, 2.75) is 0 Å². The van der Waals surface area contributed by atoms with Crippen LogP contribution in [0.25, 0.3) is 72.2 Å². The van der Waals surface area contributed by atoms with Crippen LogP contribution in [0.1, 0.15) is 0 Å². The number of imidazole rings is 1. The van der Waals surface area contributed by atoms with E-state index in [-0.39, 0.29) is 5.56 Å². The largest absolute Gasteiger partial charge is 0.309 e. The van der Waals surface area contributed by atoms with E-state index < -0.39 is 0 Å². The van der Waals surface area contributed by atoms with Gasteiger partial charge in [0.2, 0.25) is 5.78 Å². The van der Waals surface area contributed by atoms with Gasteiger partial charge in [-0.25, -0.2) is 4.98 Å². The molecule has 6 nitrogen and oxygen atoms in total. The Labute approximate surface area is 245 Å². The molecular weight excluding hydrogens is 530 g/mol. The van der Waals surface area contributed by atoms with E-state index in [0.717, 1.165) is 55.6 Å². The van der Waals surface area contributed by atoms with Gasteiger partial charge in [-0.2, -0.15) is 4.98 Å². The van der Waals surface area contributed by atoms with E-state index in [0.29, 0.717) is 11.2 Å². The van der Waals surface area contributed by atoms with Crippen LogP contribution in [0.15, 0.2) is 144 Å². The van der Waals surface area contributed by atoms with Gasteiger partial charge in [-0.15, -0.1) is 0 Å². The molecule has 4 heterocycles. The summed E-state index contributed by atoms with van der Waals surface area (Å²) in [7, 11) is 0. The third kappa shape index (κ3) is 3.44. The highest BCUT2D eigenvalue weighted by Gasteiger charge is 2.19. The third-order valence-corrected chi connectivity index (χ3v) is 8.32. The molecule has 0 aliphatic carbocycles. The number of nitrogens with zero attached hydrogens (tertiary/aromatic N) is 5. The Kier molecular flexibility index (Phi) is 4.95. The second kappa shape index (κ2) is 8.99. The van der Waals surface area contributed by atoms with E-state index in [1.165, 1.54) is 5.39 Å². The van der Waals surface area contributed by atoms with E-state index in [4.69, 9.17) is 4.98 Å². The molecule has 0 bridgehead atoms. The van der Waals surface area contributed by atoms with Gasteiger partial charge in [0.1, 0.15) is 0 Å². The number of aromatic nitrogens is 5. The zero-order valence-corrected chi connectivity index (χ0v) is 22.9. The summed E-state index contributed by atoms with van der Waals surface area (Å²) in [5, 5.41) is 2.91. The molecule has 5 aromatic carbocycles. The average molecular weight is 554 g/mol. The number of hydrogen-bond acceptors (Lipinski definition) is 3. The Bertz CT molecular complexity index is 2580. The van der Waals surface area contributed by atoms with Crippen molar-refractivity contribution >= 4 is 49.7 Å². The first kappa shape index (κ1) is 23.7. The van der Waals surface area contributed by atoms with E-state index in [1.54, 1.807) is 6.20 Å². The molecule has 0 aliphatic rings. The molecule has 0 atom stereocenters. The molecule has 202 valence electrons. The van der Waals surface area contributed by atoms with Gasteiger partial charge in [0.05, 0.1) is 27.5 Å². The number of hydrogen-bond donors (Lipinski definition) is 0. The highest BCUT2D eigenvalue weighted by molar-refractivity contribution is 6.10. The van der Waals surface area contributed by atoms with Gasteiger partial charge in [0, 0.05) is 28.3 Å². The summed E-state index contributed by atoms with van der Waals surface area (Å²) in [6.07, 6.45) is 1.77. The number of rotatable bonds is 3. The van der Waals surface area contributed by atoms with Crippen molar-refractivity contribution in [1.82, 2.24) is 23.5 Å². The lowest BCUT2D eigenvalue weighted by molar-refractivity contribution is 1.06. The summed E-state index contributed by atoms with van der Waals surface area (Å²) < 4.78 is 6.28. The fraction of sp³-hybridized carbons (Fsp3) is 0. The van der Waals surface area contributed by atoms with Crippen LogP contribution in [0.3, 0.4) is 0 Å². The van der Waals surface area contributed by atoms with Crippen LogP contribution in [0.4, 0.5) is 0 Å². The molecule has 0 N–H and O–H groups in total. The van der Waals surface area contributed by atoms with Crippen LogP contribution in [0.2, 0.25) is 0 Å². The highest BCUT2D eigenvalue weighted by atomic mass is 16.1. The molecule has 0 spiro atoms. The molecule has 0 fully saturated rings. The first-order valence-corrected chi connectivity index (χ1v) is 14.2.